The molecule has 3 N–H and O–H groups in total. The SMILES string of the molecule is COc1cc(CC2NCc3cnc(N)c(C#N)c32)cc(OC)c1. The Morgan fingerprint density at radius 3 is 2.61 bits per heavy atom. The highest BCUT2D eigenvalue weighted by Crippen LogP contribution is 2.34. The van der Waals surface area contributed by atoms with Crippen LogP contribution in [-0.4, -0.2) is 19.2 Å². The van der Waals surface area contributed by atoms with Crippen molar-refractivity contribution in [3.05, 3.63) is 46.6 Å². The summed E-state index contributed by atoms with van der Waals surface area (Å²) in [4.78, 5) is 4.09. The predicted molar refractivity (Wildman–Crippen MR) is 86.2 cm³/mol. The van der Waals surface area contributed by atoms with Crippen LogP contribution < -0.4 is 20.5 Å². The number of benzene rings is 1. The minimum Gasteiger partial charge on any atom is -0.497 e. The molecule has 0 fully saturated rings. The van der Waals surface area contributed by atoms with Crippen molar-refractivity contribution in [3.63, 3.8) is 0 Å². The second-order valence-corrected chi connectivity index (χ2v) is 5.43. The van der Waals surface area contributed by atoms with Gasteiger partial charge in [0.05, 0.1) is 19.8 Å². The van der Waals surface area contributed by atoms with Gasteiger partial charge in [0.1, 0.15) is 23.4 Å². The average Bonchev–Trinajstić information content (AvgIpc) is 2.97. The fourth-order valence-corrected chi connectivity index (χ4v) is 2.97. The molecule has 1 unspecified atom stereocenters. The van der Waals surface area contributed by atoms with Gasteiger partial charge < -0.3 is 20.5 Å². The summed E-state index contributed by atoms with van der Waals surface area (Å²) in [7, 11) is 3.25. The Morgan fingerprint density at radius 1 is 1.30 bits per heavy atom. The van der Waals surface area contributed by atoms with Crippen molar-refractivity contribution in [1.82, 2.24) is 10.3 Å². The highest BCUT2D eigenvalue weighted by Gasteiger charge is 2.27. The molecular formula is C17H18N4O2. The van der Waals surface area contributed by atoms with E-state index in [0.29, 0.717) is 18.5 Å². The largest absolute Gasteiger partial charge is 0.497 e. The molecule has 2 aromatic rings. The van der Waals surface area contributed by atoms with Crippen LogP contribution in [0.5, 0.6) is 11.5 Å². The summed E-state index contributed by atoms with van der Waals surface area (Å²) in [6.45, 7) is 0.684. The van der Waals surface area contributed by atoms with E-state index in [1.54, 1.807) is 20.4 Å². The summed E-state index contributed by atoms with van der Waals surface area (Å²) in [5.41, 5.74) is 9.35. The number of hydrogen-bond acceptors (Lipinski definition) is 6. The first-order valence-electron chi connectivity index (χ1n) is 7.29. The topological polar surface area (TPSA) is 93.2 Å². The van der Waals surface area contributed by atoms with Crippen molar-refractivity contribution in [2.45, 2.75) is 19.0 Å². The number of ether oxygens (including phenoxy) is 2. The van der Waals surface area contributed by atoms with Crippen LogP contribution in [0.25, 0.3) is 0 Å². The molecular weight excluding hydrogens is 292 g/mol. The third-order valence-electron chi connectivity index (χ3n) is 4.08. The highest BCUT2D eigenvalue weighted by molar-refractivity contribution is 5.58. The average molecular weight is 310 g/mol. The second kappa shape index (κ2) is 6.15. The van der Waals surface area contributed by atoms with Gasteiger partial charge in [0.25, 0.3) is 0 Å². The number of methoxy groups -OCH3 is 2. The number of rotatable bonds is 4. The maximum atomic E-state index is 9.39. The fraction of sp³-hybridized carbons (Fsp3) is 0.294. The molecule has 1 aliphatic rings. The molecule has 1 aromatic heterocycles. The summed E-state index contributed by atoms with van der Waals surface area (Å²) in [5, 5.41) is 12.8. The number of anilines is 1. The van der Waals surface area contributed by atoms with Gasteiger partial charge in [-0.05, 0) is 35.2 Å². The lowest BCUT2D eigenvalue weighted by Crippen LogP contribution is -2.16. The van der Waals surface area contributed by atoms with Crippen LogP contribution in [0, 0.1) is 11.3 Å². The van der Waals surface area contributed by atoms with Crippen molar-refractivity contribution >= 4 is 5.82 Å². The van der Waals surface area contributed by atoms with E-state index < -0.39 is 0 Å². The molecule has 3 rings (SSSR count). The number of nitrogen functional groups attached to an aromatic ring is 1. The molecule has 0 spiro atoms. The van der Waals surface area contributed by atoms with E-state index >= 15 is 0 Å². The van der Waals surface area contributed by atoms with E-state index in [9.17, 15) is 5.26 Å². The van der Waals surface area contributed by atoms with Crippen LogP contribution in [0.15, 0.2) is 24.4 Å². The lowest BCUT2D eigenvalue weighted by atomic mass is 9.95. The van der Waals surface area contributed by atoms with Crippen LogP contribution in [0.3, 0.4) is 0 Å². The zero-order chi connectivity index (χ0) is 16.4. The number of nitrogens with one attached hydrogen (secondary N) is 1. The van der Waals surface area contributed by atoms with Crippen molar-refractivity contribution in [2.24, 2.45) is 0 Å². The van der Waals surface area contributed by atoms with Gasteiger partial charge in [0.15, 0.2) is 0 Å². The number of hydrogen-bond donors (Lipinski definition) is 2. The number of nitrogens with two attached hydrogens (primary N) is 1. The quantitative estimate of drug-likeness (QED) is 0.896. The third kappa shape index (κ3) is 2.79. The van der Waals surface area contributed by atoms with Crippen LogP contribution in [0.1, 0.15) is 28.3 Å². The number of nitrogens with zero attached hydrogens (tertiary/aromatic N) is 2. The molecule has 0 saturated carbocycles. The van der Waals surface area contributed by atoms with E-state index in [2.05, 4.69) is 16.4 Å². The summed E-state index contributed by atoms with van der Waals surface area (Å²) in [5.74, 6) is 1.77. The molecule has 1 aromatic carbocycles. The first-order valence-corrected chi connectivity index (χ1v) is 7.29. The van der Waals surface area contributed by atoms with E-state index in [4.69, 9.17) is 15.2 Å². The summed E-state index contributed by atoms with van der Waals surface area (Å²) < 4.78 is 10.6. The van der Waals surface area contributed by atoms with Gasteiger partial charge in [-0.1, -0.05) is 0 Å². The molecule has 6 heteroatoms. The Balaban J connectivity index is 1.96. The molecule has 0 saturated heterocycles. The number of nitriles is 1. The lowest BCUT2D eigenvalue weighted by Gasteiger charge is -2.15. The van der Waals surface area contributed by atoms with Crippen molar-refractivity contribution < 1.29 is 9.47 Å². The number of pyridine rings is 1. The molecule has 1 atom stereocenters. The Kier molecular flexibility index (Phi) is 4.04. The highest BCUT2D eigenvalue weighted by atomic mass is 16.5. The smallest absolute Gasteiger partial charge is 0.141 e. The van der Waals surface area contributed by atoms with Crippen molar-refractivity contribution in [1.29, 1.82) is 5.26 Å². The fourth-order valence-electron chi connectivity index (χ4n) is 2.97. The van der Waals surface area contributed by atoms with Gasteiger partial charge in [-0.2, -0.15) is 5.26 Å². The molecule has 23 heavy (non-hydrogen) atoms. The molecule has 6 nitrogen and oxygen atoms in total. The maximum Gasteiger partial charge on any atom is 0.141 e. The van der Waals surface area contributed by atoms with Gasteiger partial charge in [-0.25, -0.2) is 4.98 Å². The molecule has 0 amide bonds. The molecule has 2 heterocycles. The zero-order valence-electron chi connectivity index (χ0n) is 13.1. The Bertz CT molecular complexity index is 761. The predicted octanol–water partition coefficient (Wildman–Crippen LogP) is 1.94. The molecule has 0 bridgehead atoms. The zero-order valence-corrected chi connectivity index (χ0v) is 13.1. The standard InChI is InChI=1S/C17H18N4O2/c1-22-12-3-10(4-13(6-12)23-2)5-15-16-11(8-20-15)9-21-17(19)14(16)7-18/h3-4,6,9,15,20H,5,8H2,1-2H3,(H2,19,21). The molecule has 118 valence electrons. The van der Waals surface area contributed by atoms with Gasteiger partial charge >= 0.3 is 0 Å². The van der Waals surface area contributed by atoms with Gasteiger partial charge in [-0.15, -0.1) is 0 Å². The van der Waals surface area contributed by atoms with E-state index in [-0.39, 0.29) is 11.9 Å². The van der Waals surface area contributed by atoms with Crippen molar-refractivity contribution in [2.75, 3.05) is 20.0 Å². The van der Waals surface area contributed by atoms with E-state index in [0.717, 1.165) is 28.2 Å². The monoisotopic (exact) mass is 310 g/mol. The van der Waals surface area contributed by atoms with Crippen LogP contribution in [-0.2, 0) is 13.0 Å². The van der Waals surface area contributed by atoms with E-state index in [1.165, 1.54) is 0 Å². The minimum absolute atomic E-state index is 0.0155. The number of aromatic nitrogens is 1. The Labute approximate surface area is 134 Å². The van der Waals surface area contributed by atoms with Crippen LogP contribution in [0.4, 0.5) is 5.82 Å². The maximum absolute atomic E-state index is 9.39. The second-order valence-electron chi connectivity index (χ2n) is 5.43. The first-order chi connectivity index (χ1) is 11.2. The van der Waals surface area contributed by atoms with Crippen molar-refractivity contribution in [3.8, 4) is 17.6 Å². The van der Waals surface area contributed by atoms with Crippen LogP contribution in [0.2, 0.25) is 0 Å². The summed E-state index contributed by atoms with van der Waals surface area (Å²) in [6.07, 6.45) is 2.45. The minimum atomic E-state index is 0.0155. The van der Waals surface area contributed by atoms with E-state index in [1.807, 2.05) is 18.2 Å². The lowest BCUT2D eigenvalue weighted by molar-refractivity contribution is 0.393. The number of fused-ring (bicyclic) bond motifs is 1. The third-order valence-corrected chi connectivity index (χ3v) is 4.08. The van der Waals surface area contributed by atoms with Gasteiger partial charge in [-0.3, -0.25) is 0 Å². The Hall–Kier alpha value is -2.78. The Morgan fingerprint density at radius 2 is 2.00 bits per heavy atom. The van der Waals surface area contributed by atoms with Gasteiger partial charge in [0, 0.05) is 24.8 Å². The summed E-state index contributed by atoms with van der Waals surface area (Å²) >= 11 is 0. The molecule has 0 aliphatic carbocycles. The normalized spacial score (nSPS) is 15.8. The molecule has 0 radical (unpaired) electrons. The summed E-state index contributed by atoms with van der Waals surface area (Å²) in [6, 6.07) is 7.97. The molecule has 1 aliphatic heterocycles. The van der Waals surface area contributed by atoms with Gasteiger partial charge in [0.2, 0.25) is 0 Å². The first kappa shape index (κ1) is 15.1. The van der Waals surface area contributed by atoms with Crippen LogP contribution >= 0.6 is 0 Å².